The Morgan fingerprint density at radius 2 is 1.12 bits per heavy atom. The molecule has 1 rings (SSSR count). The van der Waals surface area contributed by atoms with Gasteiger partial charge in [-0.25, -0.2) is 13.2 Å². The summed E-state index contributed by atoms with van der Waals surface area (Å²) in [6.45, 7) is 4.76. The Bertz CT molecular complexity index is 402. The molecule has 0 saturated heterocycles. The van der Waals surface area contributed by atoms with Gasteiger partial charge in [0, 0.05) is 6.92 Å². The smallest absolute Gasteiger partial charge is 0.308 e. The van der Waals surface area contributed by atoms with Gasteiger partial charge < -0.3 is 4.74 Å². The van der Waals surface area contributed by atoms with E-state index in [2.05, 4.69) is 4.74 Å². The third-order valence-electron chi connectivity index (χ3n) is 1.42. The molecule has 0 fully saturated rings. The molecular weight excluding hydrogens is 247 g/mol. The fraction of sp³-hybridized carbons (Fsp3) is 0.300. The van der Waals surface area contributed by atoms with E-state index < -0.39 is 40.8 Å². The second-order valence-corrected chi connectivity index (χ2v) is 2.49. The lowest BCUT2D eigenvalue weighted by molar-refractivity contribution is -0.132. The van der Waals surface area contributed by atoms with Gasteiger partial charge in [-0.15, -0.1) is 0 Å². The lowest BCUT2D eigenvalue weighted by Crippen LogP contribution is -2.10. The molecule has 0 atom stereocenters. The molecule has 0 saturated carbocycles. The van der Waals surface area contributed by atoms with Crippen molar-refractivity contribution in [3.63, 3.8) is 0 Å². The van der Waals surface area contributed by atoms with Crippen LogP contribution in [0.25, 0.3) is 0 Å². The van der Waals surface area contributed by atoms with Crippen molar-refractivity contribution in [1.82, 2.24) is 0 Å². The van der Waals surface area contributed by atoms with Crippen LogP contribution in [0.1, 0.15) is 20.8 Å². The molecule has 0 N–H and O–H groups in total. The quantitative estimate of drug-likeness (QED) is 0.253. The molecule has 0 aliphatic carbocycles. The van der Waals surface area contributed by atoms with E-state index in [1.807, 2.05) is 13.8 Å². The molecule has 0 aliphatic rings. The fourth-order valence-electron chi connectivity index (χ4n) is 0.818. The van der Waals surface area contributed by atoms with Crippen LogP contribution in [0.2, 0.25) is 0 Å². The highest BCUT2D eigenvalue weighted by atomic mass is 19.2. The predicted octanol–water partition coefficient (Wildman–Crippen LogP) is 3.33. The van der Waals surface area contributed by atoms with Crippen LogP contribution in [0.15, 0.2) is 0 Å². The summed E-state index contributed by atoms with van der Waals surface area (Å²) in [4.78, 5) is 10.3. The zero-order valence-corrected chi connectivity index (χ0v) is 9.21. The zero-order chi connectivity index (χ0) is 13.7. The van der Waals surface area contributed by atoms with Gasteiger partial charge >= 0.3 is 5.97 Å². The van der Waals surface area contributed by atoms with Crippen molar-refractivity contribution in [2.45, 2.75) is 20.8 Å². The van der Waals surface area contributed by atoms with Gasteiger partial charge in [0.15, 0.2) is 0 Å². The van der Waals surface area contributed by atoms with Gasteiger partial charge in [0.05, 0.1) is 0 Å². The van der Waals surface area contributed by atoms with Crippen LogP contribution >= 0.6 is 0 Å². The second kappa shape index (κ2) is 6.17. The van der Waals surface area contributed by atoms with E-state index >= 15 is 0 Å². The van der Waals surface area contributed by atoms with Crippen molar-refractivity contribution in [3.05, 3.63) is 29.1 Å². The van der Waals surface area contributed by atoms with E-state index in [1.54, 1.807) is 0 Å². The third-order valence-corrected chi connectivity index (χ3v) is 1.42. The average molecular weight is 256 g/mol. The Labute approximate surface area is 94.0 Å². The standard InChI is InChI=1S/C8H3F5O2.C2H6/c1-2(14)15-8-6(12)4(10)3(9)5(11)7(8)13;1-2/h1H3;1-2H3. The van der Waals surface area contributed by atoms with Crippen LogP contribution in [-0.4, -0.2) is 5.97 Å². The highest BCUT2D eigenvalue weighted by Crippen LogP contribution is 2.28. The molecular formula is C10H9F5O2. The average Bonchev–Trinajstić information content (AvgIpc) is 2.32. The van der Waals surface area contributed by atoms with Crippen LogP contribution in [0.3, 0.4) is 0 Å². The summed E-state index contributed by atoms with van der Waals surface area (Å²) in [5.41, 5.74) is 0. The first-order valence-corrected chi connectivity index (χ1v) is 4.56. The highest BCUT2D eigenvalue weighted by molar-refractivity contribution is 5.69. The summed E-state index contributed by atoms with van der Waals surface area (Å²) in [6, 6.07) is 0. The molecule has 0 unspecified atom stereocenters. The molecule has 0 heterocycles. The number of carbonyl (C=O) groups is 1. The van der Waals surface area contributed by atoms with Gasteiger partial charge in [0.25, 0.3) is 0 Å². The summed E-state index contributed by atoms with van der Waals surface area (Å²) >= 11 is 0. The van der Waals surface area contributed by atoms with Crippen molar-refractivity contribution in [1.29, 1.82) is 0 Å². The van der Waals surface area contributed by atoms with Gasteiger partial charge in [0.2, 0.25) is 34.8 Å². The van der Waals surface area contributed by atoms with Gasteiger partial charge in [-0.3, -0.25) is 4.79 Å². The first kappa shape index (κ1) is 15.3. The van der Waals surface area contributed by atoms with Crippen LogP contribution < -0.4 is 4.74 Å². The van der Waals surface area contributed by atoms with Gasteiger partial charge in [0.1, 0.15) is 0 Å². The molecule has 0 aliphatic heterocycles. The minimum atomic E-state index is -2.30. The number of esters is 1. The Morgan fingerprint density at radius 3 is 1.41 bits per heavy atom. The zero-order valence-electron chi connectivity index (χ0n) is 9.21. The van der Waals surface area contributed by atoms with E-state index in [1.165, 1.54) is 0 Å². The van der Waals surface area contributed by atoms with Crippen LogP contribution in [-0.2, 0) is 4.79 Å². The highest BCUT2D eigenvalue weighted by Gasteiger charge is 2.27. The SMILES string of the molecule is CC.CC(=O)Oc1c(F)c(F)c(F)c(F)c1F. The maximum Gasteiger partial charge on any atom is 0.308 e. The second-order valence-electron chi connectivity index (χ2n) is 2.49. The Morgan fingerprint density at radius 1 is 0.824 bits per heavy atom. The normalized spacial score (nSPS) is 9.41. The summed E-state index contributed by atoms with van der Waals surface area (Å²) in [6.07, 6.45) is 0. The van der Waals surface area contributed by atoms with Gasteiger partial charge in [-0.2, -0.15) is 8.78 Å². The molecule has 0 radical (unpaired) electrons. The van der Waals surface area contributed by atoms with E-state index in [0.29, 0.717) is 0 Å². The largest absolute Gasteiger partial charge is 0.420 e. The topological polar surface area (TPSA) is 26.3 Å². The van der Waals surface area contributed by atoms with Crippen molar-refractivity contribution in [2.75, 3.05) is 0 Å². The molecule has 1 aromatic rings. The number of carbonyl (C=O) groups excluding carboxylic acids is 1. The number of hydrogen-bond acceptors (Lipinski definition) is 2. The third kappa shape index (κ3) is 3.15. The van der Waals surface area contributed by atoms with Crippen LogP contribution in [0, 0.1) is 29.1 Å². The molecule has 0 aromatic heterocycles. The van der Waals surface area contributed by atoms with Crippen LogP contribution in [0.5, 0.6) is 5.75 Å². The van der Waals surface area contributed by atoms with Gasteiger partial charge in [-0.1, -0.05) is 13.8 Å². The van der Waals surface area contributed by atoms with Gasteiger partial charge in [-0.05, 0) is 0 Å². The maximum atomic E-state index is 12.8. The predicted molar refractivity (Wildman–Crippen MR) is 48.9 cm³/mol. The molecule has 0 bridgehead atoms. The number of benzene rings is 1. The Balaban J connectivity index is 0.00000121. The number of hydrogen-bond donors (Lipinski definition) is 0. The minimum absolute atomic E-state index is 0.762. The molecule has 0 spiro atoms. The Kier molecular flexibility index (Phi) is 5.57. The number of rotatable bonds is 1. The van der Waals surface area contributed by atoms with E-state index in [0.717, 1.165) is 6.92 Å². The minimum Gasteiger partial charge on any atom is -0.420 e. The van der Waals surface area contributed by atoms with Crippen molar-refractivity contribution in [2.24, 2.45) is 0 Å². The van der Waals surface area contributed by atoms with E-state index in [9.17, 15) is 26.7 Å². The monoisotopic (exact) mass is 256 g/mol. The molecule has 96 valence electrons. The first-order chi connectivity index (χ1) is 7.86. The van der Waals surface area contributed by atoms with Crippen molar-refractivity contribution in [3.8, 4) is 5.75 Å². The molecule has 1 aromatic carbocycles. The number of halogens is 5. The molecule has 7 heteroatoms. The fourth-order valence-corrected chi connectivity index (χ4v) is 0.818. The summed E-state index contributed by atoms with van der Waals surface area (Å²) in [7, 11) is 0. The van der Waals surface area contributed by atoms with E-state index in [-0.39, 0.29) is 0 Å². The summed E-state index contributed by atoms with van der Waals surface area (Å²) in [5.74, 6) is -13.8. The van der Waals surface area contributed by atoms with Crippen molar-refractivity contribution < 1.29 is 31.5 Å². The maximum absolute atomic E-state index is 12.8. The molecule has 2 nitrogen and oxygen atoms in total. The molecule has 0 amide bonds. The van der Waals surface area contributed by atoms with E-state index in [4.69, 9.17) is 0 Å². The number of ether oxygens (including phenoxy) is 1. The lowest BCUT2D eigenvalue weighted by Gasteiger charge is -2.06. The lowest BCUT2D eigenvalue weighted by atomic mass is 10.2. The Hall–Kier alpha value is -1.66. The first-order valence-electron chi connectivity index (χ1n) is 4.56. The summed E-state index contributed by atoms with van der Waals surface area (Å²) < 4.78 is 66.9. The molecule has 17 heavy (non-hydrogen) atoms. The van der Waals surface area contributed by atoms with Crippen molar-refractivity contribution >= 4 is 5.97 Å². The van der Waals surface area contributed by atoms with Crippen LogP contribution in [0.4, 0.5) is 22.0 Å². The summed E-state index contributed by atoms with van der Waals surface area (Å²) in [5, 5.41) is 0.